The Kier molecular flexibility index (Phi) is 5.30. The summed E-state index contributed by atoms with van der Waals surface area (Å²) < 4.78 is 25.8. The van der Waals surface area contributed by atoms with Crippen LogP contribution in [-0.2, 0) is 14.8 Å². The molecular weight excluding hydrogens is 290 g/mol. The minimum atomic E-state index is -3.06. The van der Waals surface area contributed by atoms with Crippen molar-refractivity contribution >= 4 is 16.0 Å². The molecule has 21 heavy (non-hydrogen) atoms. The van der Waals surface area contributed by atoms with Crippen LogP contribution in [0.3, 0.4) is 0 Å². The predicted octanol–water partition coefficient (Wildman–Crippen LogP) is 2.47. The summed E-state index contributed by atoms with van der Waals surface area (Å²) in [6, 6.07) is 0. The topological polar surface area (TPSA) is 74.7 Å². The number of sulfonamides is 1. The molecule has 2 fully saturated rings. The molecule has 0 radical (unpaired) electrons. The van der Waals surface area contributed by atoms with Crippen LogP contribution in [0.4, 0.5) is 0 Å². The highest BCUT2D eigenvalue weighted by Gasteiger charge is 2.40. The first kappa shape index (κ1) is 16.7. The van der Waals surface area contributed by atoms with Crippen LogP contribution < -0.4 is 0 Å². The molecule has 6 heteroatoms. The van der Waals surface area contributed by atoms with Crippen LogP contribution in [0.2, 0.25) is 0 Å². The van der Waals surface area contributed by atoms with Crippen molar-refractivity contribution < 1.29 is 18.3 Å². The van der Waals surface area contributed by atoms with Crippen molar-refractivity contribution in [1.29, 1.82) is 0 Å². The average Bonchev–Trinajstić information content (AvgIpc) is 2.42. The lowest BCUT2D eigenvalue weighted by molar-refractivity contribution is -0.138. The quantitative estimate of drug-likeness (QED) is 0.845. The van der Waals surface area contributed by atoms with Crippen molar-refractivity contribution in [2.75, 3.05) is 18.8 Å². The second-order valence-corrected chi connectivity index (χ2v) is 8.84. The van der Waals surface area contributed by atoms with Gasteiger partial charge in [-0.3, -0.25) is 4.79 Å². The molecule has 0 aromatic rings. The van der Waals surface area contributed by atoms with Crippen LogP contribution in [0.25, 0.3) is 0 Å². The number of carboxylic acids is 1. The van der Waals surface area contributed by atoms with E-state index >= 15 is 0 Å². The molecule has 2 rings (SSSR count). The van der Waals surface area contributed by atoms with E-state index in [0.29, 0.717) is 25.4 Å². The molecule has 0 amide bonds. The minimum absolute atomic E-state index is 0.251. The summed E-state index contributed by atoms with van der Waals surface area (Å²) in [5.74, 6) is -0.132. The number of aliphatic carboxylic acids is 1. The Balaban J connectivity index is 1.86. The monoisotopic (exact) mass is 317 g/mol. The van der Waals surface area contributed by atoms with E-state index in [1.54, 1.807) is 4.31 Å². The van der Waals surface area contributed by atoms with E-state index in [2.05, 4.69) is 0 Å². The van der Waals surface area contributed by atoms with Crippen molar-refractivity contribution in [3.05, 3.63) is 0 Å². The third-order valence-electron chi connectivity index (χ3n) is 5.27. The minimum Gasteiger partial charge on any atom is -0.481 e. The van der Waals surface area contributed by atoms with Crippen molar-refractivity contribution in [2.24, 2.45) is 11.3 Å². The molecule has 1 aliphatic carbocycles. The fraction of sp³-hybridized carbons (Fsp3) is 0.933. The molecule has 0 aromatic heterocycles. The number of carboxylic acid groups (broad SMARTS) is 1. The van der Waals surface area contributed by atoms with Gasteiger partial charge in [-0.2, -0.15) is 0 Å². The Labute approximate surface area is 127 Å². The van der Waals surface area contributed by atoms with Gasteiger partial charge in [-0.1, -0.05) is 6.92 Å². The molecule has 5 nitrogen and oxygen atoms in total. The summed E-state index contributed by atoms with van der Waals surface area (Å²) in [5.41, 5.74) is 0.271. The fourth-order valence-corrected chi connectivity index (χ4v) is 5.38. The molecule has 122 valence electrons. The summed E-state index contributed by atoms with van der Waals surface area (Å²) in [7, 11) is -3.06. The Morgan fingerprint density at radius 3 is 2.24 bits per heavy atom. The van der Waals surface area contributed by atoms with E-state index in [-0.39, 0.29) is 17.6 Å². The predicted molar refractivity (Wildman–Crippen MR) is 81.5 cm³/mol. The summed E-state index contributed by atoms with van der Waals surface area (Å²) in [5, 5.41) is 8.87. The maximum absolute atomic E-state index is 12.1. The van der Waals surface area contributed by atoms with Gasteiger partial charge in [0, 0.05) is 19.5 Å². The van der Waals surface area contributed by atoms with Gasteiger partial charge in [0.1, 0.15) is 0 Å². The van der Waals surface area contributed by atoms with E-state index in [1.807, 2.05) is 6.92 Å². The van der Waals surface area contributed by atoms with Crippen LogP contribution in [-0.4, -0.2) is 42.6 Å². The van der Waals surface area contributed by atoms with Gasteiger partial charge in [-0.25, -0.2) is 12.7 Å². The third-order valence-corrected chi connectivity index (χ3v) is 7.34. The molecule has 0 aromatic carbocycles. The molecule has 1 aliphatic heterocycles. The zero-order valence-corrected chi connectivity index (χ0v) is 13.7. The molecule has 1 spiro atoms. The maximum Gasteiger partial charge on any atom is 0.303 e. The van der Waals surface area contributed by atoms with Gasteiger partial charge in [0.15, 0.2) is 0 Å². The lowest BCUT2D eigenvalue weighted by Gasteiger charge is -2.45. The lowest BCUT2D eigenvalue weighted by Crippen LogP contribution is -2.45. The van der Waals surface area contributed by atoms with Crippen LogP contribution in [0.1, 0.15) is 58.3 Å². The van der Waals surface area contributed by atoms with Gasteiger partial charge < -0.3 is 5.11 Å². The number of hydrogen-bond donors (Lipinski definition) is 1. The highest BCUT2D eigenvalue weighted by atomic mass is 32.2. The molecule has 1 saturated carbocycles. The van der Waals surface area contributed by atoms with Crippen LogP contribution in [0.5, 0.6) is 0 Å². The normalized spacial score (nSPS) is 24.2. The first-order valence-corrected chi connectivity index (χ1v) is 9.67. The number of nitrogens with zero attached hydrogens (tertiary/aromatic N) is 1. The molecule has 0 atom stereocenters. The summed E-state index contributed by atoms with van der Waals surface area (Å²) >= 11 is 0. The molecule has 0 unspecified atom stereocenters. The second kappa shape index (κ2) is 6.65. The van der Waals surface area contributed by atoms with Crippen LogP contribution in [0, 0.1) is 11.3 Å². The van der Waals surface area contributed by atoms with Crippen molar-refractivity contribution in [2.45, 2.75) is 58.3 Å². The summed E-state index contributed by atoms with van der Waals surface area (Å²) in [6.07, 6.45) is 6.92. The van der Waals surface area contributed by atoms with E-state index in [0.717, 1.165) is 38.5 Å². The van der Waals surface area contributed by atoms with E-state index in [9.17, 15) is 13.2 Å². The fourth-order valence-electron chi connectivity index (χ4n) is 3.87. The van der Waals surface area contributed by atoms with Crippen molar-refractivity contribution in [3.8, 4) is 0 Å². The number of hydrogen-bond acceptors (Lipinski definition) is 3. The Morgan fingerprint density at radius 1 is 1.19 bits per heavy atom. The highest BCUT2D eigenvalue weighted by Crippen LogP contribution is 2.47. The standard InChI is InChI=1S/C15H27NO4S/c1-2-11-21(19,20)16-9-7-15(8-10-16)5-3-13(4-6-15)12-14(17)18/h13H,2-12H2,1H3,(H,17,18). The van der Waals surface area contributed by atoms with Crippen LogP contribution >= 0.6 is 0 Å². The smallest absolute Gasteiger partial charge is 0.303 e. The highest BCUT2D eigenvalue weighted by molar-refractivity contribution is 7.89. The Morgan fingerprint density at radius 2 is 1.76 bits per heavy atom. The van der Waals surface area contributed by atoms with Gasteiger partial charge in [0.25, 0.3) is 0 Å². The SMILES string of the molecule is CCCS(=O)(=O)N1CCC2(CCC(CC(=O)O)CC2)CC1. The summed E-state index contributed by atoms with van der Waals surface area (Å²) in [4.78, 5) is 10.8. The largest absolute Gasteiger partial charge is 0.481 e. The van der Waals surface area contributed by atoms with Gasteiger partial charge in [0.2, 0.25) is 10.0 Å². The molecule has 0 bridgehead atoms. The number of carbonyl (C=O) groups is 1. The Hall–Kier alpha value is -0.620. The van der Waals surface area contributed by atoms with Crippen LogP contribution in [0.15, 0.2) is 0 Å². The van der Waals surface area contributed by atoms with Crippen molar-refractivity contribution in [3.63, 3.8) is 0 Å². The average molecular weight is 317 g/mol. The number of piperidine rings is 1. The van der Waals surface area contributed by atoms with Gasteiger partial charge >= 0.3 is 5.97 Å². The first-order chi connectivity index (χ1) is 9.87. The molecular formula is C15H27NO4S. The Bertz CT molecular complexity index is 456. The van der Waals surface area contributed by atoms with Gasteiger partial charge in [-0.15, -0.1) is 0 Å². The second-order valence-electron chi connectivity index (χ2n) is 6.76. The van der Waals surface area contributed by atoms with E-state index < -0.39 is 16.0 Å². The zero-order valence-electron chi connectivity index (χ0n) is 12.9. The molecule has 1 saturated heterocycles. The van der Waals surface area contributed by atoms with E-state index in [4.69, 9.17) is 5.11 Å². The van der Waals surface area contributed by atoms with Gasteiger partial charge in [0.05, 0.1) is 5.75 Å². The molecule has 1 heterocycles. The zero-order chi connectivity index (χ0) is 15.5. The molecule has 2 aliphatic rings. The van der Waals surface area contributed by atoms with E-state index in [1.165, 1.54) is 0 Å². The lowest BCUT2D eigenvalue weighted by atomic mass is 9.65. The number of rotatable bonds is 5. The van der Waals surface area contributed by atoms with Gasteiger partial charge in [-0.05, 0) is 56.3 Å². The first-order valence-electron chi connectivity index (χ1n) is 8.06. The third kappa shape index (κ3) is 4.19. The van der Waals surface area contributed by atoms with Crippen molar-refractivity contribution in [1.82, 2.24) is 4.31 Å². The summed E-state index contributed by atoms with van der Waals surface area (Å²) in [6.45, 7) is 3.19. The maximum atomic E-state index is 12.1. The molecule has 1 N–H and O–H groups in total.